The molecule has 0 radical (unpaired) electrons. The van der Waals surface area contributed by atoms with Gasteiger partial charge in [-0.3, -0.25) is 10.1 Å². The van der Waals surface area contributed by atoms with Crippen LogP contribution in [0.3, 0.4) is 0 Å². The Labute approximate surface area is 215 Å². The number of nitrogens with one attached hydrogen (secondary N) is 1. The molecule has 1 heterocycles. The first-order valence-corrected chi connectivity index (χ1v) is 12.2. The number of carbonyl (C=O) groups is 1. The van der Waals surface area contributed by atoms with E-state index in [0.29, 0.717) is 6.42 Å². The third kappa shape index (κ3) is 5.48. The standard InChI is InChI=1S/C27H30Cl2F2N2O2/c1-25(2,3)13-20-27(14-32,17-11-10-15(28)12-19(17)30)21(16-8-7-9-18(29)22(16)31)23(33-20)24(34)35-26(4,5)6/h7-12,20-21,23,33H,13H2,1-6H3/t20?,21?,23?,27-/m0/s1. The Balaban J connectivity index is 2.37. The summed E-state index contributed by atoms with van der Waals surface area (Å²) in [7, 11) is 0. The smallest absolute Gasteiger partial charge is 0.324 e. The number of halogens is 4. The second-order valence-corrected chi connectivity index (χ2v) is 12.1. The molecular weight excluding hydrogens is 493 g/mol. The lowest BCUT2D eigenvalue weighted by atomic mass is 9.62. The van der Waals surface area contributed by atoms with E-state index in [1.54, 1.807) is 26.8 Å². The zero-order valence-electron chi connectivity index (χ0n) is 20.7. The summed E-state index contributed by atoms with van der Waals surface area (Å²) in [6, 6.07) is 8.90. The normalized spacial score (nSPS) is 24.8. The highest BCUT2D eigenvalue weighted by atomic mass is 35.5. The van der Waals surface area contributed by atoms with Gasteiger partial charge in [-0.05, 0) is 56.4 Å². The molecule has 0 saturated carbocycles. The van der Waals surface area contributed by atoms with Crippen molar-refractivity contribution in [2.45, 2.75) is 77.0 Å². The fraction of sp³-hybridized carbons (Fsp3) is 0.481. The van der Waals surface area contributed by atoms with E-state index in [-0.39, 0.29) is 26.6 Å². The van der Waals surface area contributed by atoms with Crippen molar-refractivity contribution in [2.75, 3.05) is 0 Å². The number of esters is 1. The summed E-state index contributed by atoms with van der Waals surface area (Å²) < 4.78 is 36.7. The zero-order valence-corrected chi connectivity index (χ0v) is 22.2. The van der Waals surface area contributed by atoms with Gasteiger partial charge in [-0.1, -0.05) is 62.2 Å². The molecular formula is C27H30Cl2F2N2O2. The van der Waals surface area contributed by atoms with Crippen molar-refractivity contribution in [3.05, 3.63) is 69.2 Å². The average molecular weight is 523 g/mol. The maximum Gasteiger partial charge on any atom is 0.324 e. The fourth-order valence-corrected chi connectivity index (χ4v) is 5.24. The molecule has 0 aromatic heterocycles. The van der Waals surface area contributed by atoms with Gasteiger partial charge in [-0.2, -0.15) is 5.26 Å². The maximum absolute atomic E-state index is 15.5. The van der Waals surface area contributed by atoms with Crippen LogP contribution in [0.15, 0.2) is 36.4 Å². The predicted molar refractivity (Wildman–Crippen MR) is 133 cm³/mol. The van der Waals surface area contributed by atoms with Crippen LogP contribution in [-0.2, 0) is 14.9 Å². The van der Waals surface area contributed by atoms with Gasteiger partial charge in [0.1, 0.15) is 28.7 Å². The highest BCUT2D eigenvalue weighted by molar-refractivity contribution is 6.31. The van der Waals surface area contributed by atoms with E-state index in [0.717, 1.165) is 6.07 Å². The first kappa shape index (κ1) is 27.4. The molecule has 1 aliphatic rings. The summed E-state index contributed by atoms with van der Waals surface area (Å²) in [4.78, 5) is 13.5. The van der Waals surface area contributed by atoms with Crippen LogP contribution in [-0.4, -0.2) is 23.7 Å². The Morgan fingerprint density at radius 3 is 2.34 bits per heavy atom. The van der Waals surface area contributed by atoms with E-state index in [9.17, 15) is 10.1 Å². The largest absolute Gasteiger partial charge is 0.459 e. The lowest BCUT2D eigenvalue weighted by Gasteiger charge is -2.37. The molecule has 4 nitrogen and oxygen atoms in total. The summed E-state index contributed by atoms with van der Waals surface area (Å²) in [6.07, 6.45) is 0.389. The molecule has 2 aromatic carbocycles. The van der Waals surface area contributed by atoms with Crippen LogP contribution < -0.4 is 5.32 Å². The summed E-state index contributed by atoms with van der Waals surface area (Å²) in [6.45, 7) is 11.1. The van der Waals surface area contributed by atoms with Gasteiger partial charge in [0.25, 0.3) is 0 Å². The molecule has 188 valence electrons. The third-order valence-electron chi connectivity index (χ3n) is 6.11. The number of carbonyl (C=O) groups excluding carboxylic acids is 1. The van der Waals surface area contributed by atoms with Crippen molar-refractivity contribution in [2.24, 2.45) is 5.41 Å². The quantitative estimate of drug-likeness (QED) is 0.442. The third-order valence-corrected chi connectivity index (χ3v) is 6.64. The molecule has 1 N–H and O–H groups in total. The molecule has 1 saturated heterocycles. The maximum atomic E-state index is 15.5. The summed E-state index contributed by atoms with van der Waals surface area (Å²) >= 11 is 12.1. The Morgan fingerprint density at radius 2 is 1.80 bits per heavy atom. The van der Waals surface area contributed by atoms with Crippen LogP contribution in [0.25, 0.3) is 0 Å². The number of ether oxygens (including phenoxy) is 1. The van der Waals surface area contributed by atoms with E-state index in [4.69, 9.17) is 27.9 Å². The van der Waals surface area contributed by atoms with Crippen molar-refractivity contribution in [1.82, 2.24) is 5.32 Å². The van der Waals surface area contributed by atoms with E-state index >= 15 is 8.78 Å². The molecule has 1 fully saturated rings. The summed E-state index contributed by atoms with van der Waals surface area (Å²) in [5.41, 5.74) is -2.76. The van der Waals surface area contributed by atoms with Crippen molar-refractivity contribution in [3.8, 4) is 6.07 Å². The summed E-state index contributed by atoms with van der Waals surface area (Å²) in [5.74, 6) is -3.27. The first-order valence-electron chi connectivity index (χ1n) is 11.4. The molecule has 2 aromatic rings. The van der Waals surface area contributed by atoms with Crippen LogP contribution in [0.5, 0.6) is 0 Å². The van der Waals surface area contributed by atoms with E-state index in [1.165, 1.54) is 24.3 Å². The molecule has 0 amide bonds. The monoisotopic (exact) mass is 522 g/mol. The minimum Gasteiger partial charge on any atom is -0.459 e. The lowest BCUT2D eigenvalue weighted by Crippen LogP contribution is -2.45. The van der Waals surface area contributed by atoms with Gasteiger partial charge in [0.2, 0.25) is 0 Å². The number of benzene rings is 2. The molecule has 1 aliphatic heterocycles. The van der Waals surface area contributed by atoms with Gasteiger partial charge in [0.15, 0.2) is 0 Å². The van der Waals surface area contributed by atoms with Crippen molar-refractivity contribution in [3.63, 3.8) is 0 Å². The molecule has 35 heavy (non-hydrogen) atoms. The molecule has 0 aliphatic carbocycles. The van der Waals surface area contributed by atoms with Gasteiger partial charge in [0.05, 0.1) is 11.1 Å². The van der Waals surface area contributed by atoms with Crippen LogP contribution in [0, 0.1) is 28.4 Å². The van der Waals surface area contributed by atoms with Gasteiger partial charge in [-0.25, -0.2) is 8.78 Å². The lowest BCUT2D eigenvalue weighted by molar-refractivity contribution is -0.157. The number of hydrogen-bond acceptors (Lipinski definition) is 4. The SMILES string of the molecule is CC(C)(C)CC1NC(C(=O)OC(C)(C)C)C(c2cccc(Cl)c2F)[C@@]1(C#N)c1ccc(Cl)cc1F. The number of hydrogen-bond donors (Lipinski definition) is 1. The Morgan fingerprint density at radius 1 is 1.14 bits per heavy atom. The molecule has 3 rings (SSSR count). The van der Waals surface area contributed by atoms with Gasteiger partial charge in [-0.15, -0.1) is 0 Å². The fourth-order valence-electron chi connectivity index (χ4n) is 4.90. The highest BCUT2D eigenvalue weighted by Crippen LogP contribution is 2.53. The molecule has 0 bridgehead atoms. The van der Waals surface area contributed by atoms with Gasteiger partial charge in [0, 0.05) is 22.5 Å². The molecule has 4 atom stereocenters. The average Bonchev–Trinajstić information content (AvgIpc) is 3.02. The van der Waals surface area contributed by atoms with Crippen molar-refractivity contribution >= 4 is 29.2 Å². The number of nitrogens with zero attached hydrogens (tertiary/aromatic N) is 1. The van der Waals surface area contributed by atoms with E-state index < -0.39 is 46.6 Å². The predicted octanol–water partition coefficient (Wildman–Crippen LogP) is 6.94. The van der Waals surface area contributed by atoms with Crippen LogP contribution in [0.2, 0.25) is 10.0 Å². The van der Waals surface area contributed by atoms with Gasteiger partial charge >= 0.3 is 5.97 Å². The topological polar surface area (TPSA) is 62.1 Å². The molecule has 8 heteroatoms. The van der Waals surface area contributed by atoms with Crippen LogP contribution >= 0.6 is 23.2 Å². The summed E-state index contributed by atoms with van der Waals surface area (Å²) in [5, 5.41) is 14.0. The Kier molecular flexibility index (Phi) is 7.58. The first-order chi connectivity index (χ1) is 16.1. The number of rotatable bonds is 4. The minimum absolute atomic E-state index is 0.0292. The van der Waals surface area contributed by atoms with E-state index in [2.05, 4.69) is 11.4 Å². The van der Waals surface area contributed by atoms with Crippen molar-refractivity contribution in [1.29, 1.82) is 5.26 Å². The molecule has 3 unspecified atom stereocenters. The van der Waals surface area contributed by atoms with Crippen LogP contribution in [0.4, 0.5) is 8.78 Å². The van der Waals surface area contributed by atoms with Crippen molar-refractivity contribution < 1.29 is 18.3 Å². The minimum atomic E-state index is -1.67. The Hall–Kier alpha value is -2.20. The second kappa shape index (κ2) is 9.69. The number of nitriles is 1. The second-order valence-electron chi connectivity index (χ2n) is 11.2. The highest BCUT2D eigenvalue weighted by Gasteiger charge is 2.61. The van der Waals surface area contributed by atoms with Crippen LogP contribution in [0.1, 0.15) is 65.0 Å². The van der Waals surface area contributed by atoms with Gasteiger partial charge < -0.3 is 4.74 Å². The Bertz CT molecular complexity index is 1170. The van der Waals surface area contributed by atoms with E-state index in [1.807, 2.05) is 20.8 Å². The zero-order chi connectivity index (χ0) is 26.3. The molecule has 0 spiro atoms.